The van der Waals surface area contributed by atoms with Crippen LogP contribution in [0, 0.1) is 0 Å². The van der Waals surface area contributed by atoms with Crippen molar-refractivity contribution in [3.63, 3.8) is 0 Å². The van der Waals surface area contributed by atoms with Crippen LogP contribution in [-0.4, -0.2) is 17.4 Å². The van der Waals surface area contributed by atoms with Gasteiger partial charge in [-0.05, 0) is 79.2 Å². The lowest BCUT2D eigenvalue weighted by atomic mass is 10.0. The Kier molecular flexibility index (Phi) is 7.45. The van der Waals surface area contributed by atoms with Gasteiger partial charge >= 0.3 is 0 Å². The molecule has 0 aliphatic rings. The zero-order valence-corrected chi connectivity index (χ0v) is 21.6. The molecule has 5 rings (SSSR count). The summed E-state index contributed by atoms with van der Waals surface area (Å²) in [5.41, 5.74) is 2.63. The maximum atomic E-state index is 13.7. The van der Waals surface area contributed by atoms with E-state index < -0.39 is 0 Å². The molecule has 3 aromatic carbocycles. The van der Waals surface area contributed by atoms with E-state index in [9.17, 15) is 4.79 Å². The van der Waals surface area contributed by atoms with Gasteiger partial charge in [0.2, 0.25) is 5.89 Å². The zero-order valence-electron chi connectivity index (χ0n) is 20.0. The van der Waals surface area contributed by atoms with E-state index in [1.165, 1.54) is 0 Å². The molecule has 0 fully saturated rings. The SMILES string of the molecule is CCCCOc1ccc(C(=O)/C(=C/c2ccc(-c3cc(Cl)ccc3Cl)o2)c2nc3ccccc3o2)cc1. The average Bonchev–Trinajstić information content (AvgIpc) is 3.56. The molecule has 0 bridgehead atoms. The molecule has 0 amide bonds. The third-order valence-electron chi connectivity index (χ3n) is 5.76. The van der Waals surface area contributed by atoms with Gasteiger partial charge in [-0.1, -0.05) is 48.7 Å². The standard InChI is InChI=1S/C30H23Cl2NO4/c1-2-3-16-35-21-11-8-19(9-12-21)29(34)24(30-33-26-6-4-5-7-28(26)37-30)18-22-13-15-27(36-22)23-17-20(31)10-14-25(23)32/h4-15,17-18H,2-3,16H2,1H3/b24-18-. The van der Waals surface area contributed by atoms with Crippen molar-refractivity contribution < 1.29 is 18.4 Å². The number of para-hydroxylation sites is 2. The van der Waals surface area contributed by atoms with Gasteiger partial charge in [0.1, 0.15) is 22.8 Å². The van der Waals surface area contributed by atoms with Gasteiger partial charge in [0, 0.05) is 16.1 Å². The molecule has 186 valence electrons. The van der Waals surface area contributed by atoms with Crippen LogP contribution in [0.5, 0.6) is 5.75 Å². The van der Waals surface area contributed by atoms with Crippen molar-refractivity contribution in [2.24, 2.45) is 0 Å². The summed E-state index contributed by atoms with van der Waals surface area (Å²) in [7, 11) is 0. The molecule has 0 aliphatic carbocycles. The highest BCUT2D eigenvalue weighted by molar-refractivity contribution is 6.35. The fourth-order valence-corrected chi connectivity index (χ4v) is 4.19. The number of allylic oxidation sites excluding steroid dienone is 1. The summed E-state index contributed by atoms with van der Waals surface area (Å²) in [4.78, 5) is 18.2. The number of nitrogens with zero attached hydrogens (tertiary/aromatic N) is 1. The Morgan fingerprint density at radius 2 is 1.78 bits per heavy atom. The average molecular weight is 532 g/mol. The highest BCUT2D eigenvalue weighted by atomic mass is 35.5. The second-order valence-corrected chi connectivity index (χ2v) is 9.27. The lowest BCUT2D eigenvalue weighted by molar-refractivity contribution is 0.105. The Morgan fingerprint density at radius 1 is 0.973 bits per heavy atom. The summed E-state index contributed by atoms with van der Waals surface area (Å²) < 4.78 is 17.7. The van der Waals surface area contributed by atoms with Gasteiger partial charge < -0.3 is 13.6 Å². The number of unbranched alkanes of at least 4 members (excludes halogenated alkanes) is 1. The van der Waals surface area contributed by atoms with Gasteiger partial charge in [-0.15, -0.1) is 0 Å². The molecule has 37 heavy (non-hydrogen) atoms. The van der Waals surface area contributed by atoms with Gasteiger partial charge in [-0.25, -0.2) is 4.98 Å². The molecule has 0 N–H and O–H groups in total. The number of furan rings is 1. The number of rotatable bonds is 9. The number of fused-ring (bicyclic) bond motifs is 1. The van der Waals surface area contributed by atoms with Gasteiger partial charge in [0.25, 0.3) is 0 Å². The van der Waals surface area contributed by atoms with Crippen LogP contribution in [0.4, 0.5) is 0 Å². The monoisotopic (exact) mass is 531 g/mol. The van der Waals surface area contributed by atoms with E-state index in [1.807, 2.05) is 24.3 Å². The number of ketones is 1. The quantitative estimate of drug-likeness (QED) is 0.108. The third kappa shape index (κ3) is 5.63. The van der Waals surface area contributed by atoms with Crippen molar-refractivity contribution in [3.05, 3.63) is 106 Å². The lowest BCUT2D eigenvalue weighted by Crippen LogP contribution is -2.04. The second-order valence-electron chi connectivity index (χ2n) is 8.43. The first-order valence-electron chi connectivity index (χ1n) is 11.9. The summed E-state index contributed by atoms with van der Waals surface area (Å²) in [6.07, 6.45) is 3.64. The predicted octanol–water partition coefficient (Wildman–Crippen LogP) is 9.00. The zero-order chi connectivity index (χ0) is 25.8. The summed E-state index contributed by atoms with van der Waals surface area (Å²) in [5.74, 6) is 1.62. The van der Waals surface area contributed by atoms with Crippen LogP contribution in [0.25, 0.3) is 34.1 Å². The van der Waals surface area contributed by atoms with E-state index in [0.29, 0.717) is 56.1 Å². The smallest absolute Gasteiger partial charge is 0.231 e. The van der Waals surface area contributed by atoms with Gasteiger partial charge in [-0.3, -0.25) is 4.79 Å². The van der Waals surface area contributed by atoms with Crippen molar-refractivity contribution in [2.75, 3.05) is 6.61 Å². The molecule has 0 atom stereocenters. The molecule has 2 heterocycles. The Balaban J connectivity index is 1.52. The molecule has 7 heteroatoms. The number of hydrogen-bond acceptors (Lipinski definition) is 5. The third-order valence-corrected chi connectivity index (χ3v) is 6.32. The molecule has 0 saturated carbocycles. The number of halogens is 2. The molecule has 0 spiro atoms. The van der Waals surface area contributed by atoms with Crippen LogP contribution in [0.2, 0.25) is 10.0 Å². The van der Waals surface area contributed by atoms with Crippen LogP contribution in [0.1, 0.15) is 41.8 Å². The Hall–Kier alpha value is -3.80. The lowest BCUT2D eigenvalue weighted by Gasteiger charge is -2.07. The van der Waals surface area contributed by atoms with Crippen LogP contribution < -0.4 is 4.74 Å². The summed E-state index contributed by atoms with van der Waals surface area (Å²) >= 11 is 12.5. The van der Waals surface area contributed by atoms with Crippen molar-refractivity contribution in [3.8, 4) is 17.1 Å². The number of hydrogen-bond donors (Lipinski definition) is 0. The topological polar surface area (TPSA) is 65.5 Å². The first kappa shape index (κ1) is 24.9. The number of aromatic nitrogens is 1. The van der Waals surface area contributed by atoms with Crippen molar-refractivity contribution >= 4 is 51.7 Å². The fraction of sp³-hybridized carbons (Fsp3) is 0.133. The Labute approximate surface area is 224 Å². The first-order valence-corrected chi connectivity index (χ1v) is 12.7. The molecule has 5 aromatic rings. The van der Waals surface area contributed by atoms with E-state index in [1.54, 1.807) is 60.7 Å². The van der Waals surface area contributed by atoms with Crippen LogP contribution in [-0.2, 0) is 0 Å². The van der Waals surface area contributed by atoms with Crippen LogP contribution in [0.15, 0.2) is 87.7 Å². The van der Waals surface area contributed by atoms with Gasteiger partial charge in [0.05, 0.1) is 17.2 Å². The molecular formula is C30H23Cl2NO4. The number of ether oxygens (including phenoxy) is 1. The van der Waals surface area contributed by atoms with E-state index in [4.69, 9.17) is 36.8 Å². The molecule has 0 aliphatic heterocycles. The summed E-state index contributed by atoms with van der Waals surface area (Å²) in [5, 5.41) is 1.04. The number of carbonyl (C=O) groups is 1. The molecule has 2 aromatic heterocycles. The van der Waals surface area contributed by atoms with Crippen LogP contribution in [0.3, 0.4) is 0 Å². The molecule has 0 saturated heterocycles. The first-order chi connectivity index (χ1) is 18.0. The maximum absolute atomic E-state index is 13.7. The van der Waals surface area contributed by atoms with E-state index in [-0.39, 0.29) is 17.2 Å². The van der Waals surface area contributed by atoms with E-state index in [0.717, 1.165) is 12.8 Å². The number of oxazole rings is 1. The normalized spacial score (nSPS) is 11.7. The summed E-state index contributed by atoms with van der Waals surface area (Å²) in [6, 6.07) is 23.1. The minimum atomic E-state index is -0.259. The predicted molar refractivity (Wildman–Crippen MR) is 147 cm³/mol. The molecule has 5 nitrogen and oxygen atoms in total. The number of Topliss-reactive ketones (excluding diaryl/α,β-unsaturated/α-hetero) is 1. The van der Waals surface area contributed by atoms with Crippen molar-refractivity contribution in [1.82, 2.24) is 4.98 Å². The van der Waals surface area contributed by atoms with Crippen LogP contribution >= 0.6 is 23.2 Å². The van der Waals surface area contributed by atoms with Crippen molar-refractivity contribution in [1.29, 1.82) is 0 Å². The molecule has 0 radical (unpaired) electrons. The Morgan fingerprint density at radius 3 is 2.57 bits per heavy atom. The molecule has 0 unspecified atom stereocenters. The minimum Gasteiger partial charge on any atom is -0.494 e. The minimum absolute atomic E-state index is 0.202. The maximum Gasteiger partial charge on any atom is 0.231 e. The largest absolute Gasteiger partial charge is 0.494 e. The highest BCUT2D eigenvalue weighted by Crippen LogP contribution is 2.33. The van der Waals surface area contributed by atoms with Gasteiger partial charge in [0.15, 0.2) is 11.4 Å². The molecular weight excluding hydrogens is 509 g/mol. The van der Waals surface area contributed by atoms with E-state index >= 15 is 0 Å². The highest BCUT2D eigenvalue weighted by Gasteiger charge is 2.21. The fourth-order valence-electron chi connectivity index (χ4n) is 3.81. The van der Waals surface area contributed by atoms with E-state index in [2.05, 4.69) is 11.9 Å². The number of benzene rings is 3. The number of carbonyl (C=O) groups excluding carboxylic acids is 1. The summed E-state index contributed by atoms with van der Waals surface area (Å²) in [6.45, 7) is 2.74. The van der Waals surface area contributed by atoms with Crippen molar-refractivity contribution in [2.45, 2.75) is 19.8 Å². The second kappa shape index (κ2) is 11.1. The van der Waals surface area contributed by atoms with Gasteiger partial charge in [-0.2, -0.15) is 0 Å². The Bertz CT molecular complexity index is 1550.